The molecule has 1 atom stereocenters. The molecular formula is C10H14ClNO. The average molecular weight is 200 g/mol. The number of aromatic hydroxyl groups is 1. The van der Waals surface area contributed by atoms with Gasteiger partial charge in [0.15, 0.2) is 0 Å². The summed E-state index contributed by atoms with van der Waals surface area (Å²) in [6, 6.07) is 3.78. The van der Waals surface area contributed by atoms with E-state index in [-0.39, 0.29) is 11.8 Å². The number of halogens is 1. The Balaban J connectivity index is 3.04. The molecule has 0 saturated heterocycles. The zero-order chi connectivity index (χ0) is 10.0. The highest BCUT2D eigenvalue weighted by Crippen LogP contribution is 2.30. The van der Waals surface area contributed by atoms with Crippen molar-refractivity contribution in [2.24, 2.45) is 5.73 Å². The lowest BCUT2D eigenvalue weighted by molar-refractivity contribution is 0.465. The largest absolute Gasteiger partial charge is 0.506 e. The number of rotatable bonds is 2. The number of phenols is 1. The molecular weight excluding hydrogens is 186 g/mol. The van der Waals surface area contributed by atoms with Crippen molar-refractivity contribution in [3.63, 3.8) is 0 Å². The van der Waals surface area contributed by atoms with Crippen LogP contribution in [0.25, 0.3) is 0 Å². The van der Waals surface area contributed by atoms with Crippen molar-refractivity contribution < 1.29 is 5.11 Å². The second kappa shape index (κ2) is 3.99. The molecule has 0 bridgehead atoms. The van der Waals surface area contributed by atoms with Gasteiger partial charge in [0.2, 0.25) is 0 Å². The Kier molecular flexibility index (Phi) is 3.17. The smallest absolute Gasteiger partial charge is 0.137 e. The third-order valence-corrected chi connectivity index (χ3v) is 2.41. The number of phenolic OH excluding ortho intramolecular Hbond substituents is 1. The van der Waals surface area contributed by atoms with E-state index in [2.05, 4.69) is 0 Å². The SMILES string of the molecule is Cc1ccc(CC(C)N)c(O)c1Cl. The number of nitrogens with two attached hydrogens (primary N) is 1. The minimum absolute atomic E-state index is 0.0321. The maximum absolute atomic E-state index is 9.64. The second-order valence-electron chi connectivity index (χ2n) is 3.39. The predicted octanol–water partition coefficient (Wildman–Crippen LogP) is 2.24. The van der Waals surface area contributed by atoms with Crippen molar-refractivity contribution in [2.75, 3.05) is 0 Å². The van der Waals surface area contributed by atoms with Gasteiger partial charge in [0.25, 0.3) is 0 Å². The van der Waals surface area contributed by atoms with E-state index in [1.54, 1.807) is 0 Å². The first-order chi connectivity index (χ1) is 6.02. The molecule has 0 spiro atoms. The standard InChI is InChI=1S/C10H14ClNO/c1-6-3-4-8(5-7(2)12)10(13)9(6)11/h3-4,7,13H,5,12H2,1-2H3. The predicted molar refractivity (Wildman–Crippen MR) is 55.2 cm³/mol. The van der Waals surface area contributed by atoms with Crippen molar-refractivity contribution >= 4 is 11.6 Å². The van der Waals surface area contributed by atoms with Gasteiger partial charge in [0, 0.05) is 6.04 Å². The summed E-state index contributed by atoms with van der Waals surface area (Å²) >= 11 is 5.88. The lowest BCUT2D eigenvalue weighted by Crippen LogP contribution is -2.17. The van der Waals surface area contributed by atoms with E-state index in [1.807, 2.05) is 26.0 Å². The quantitative estimate of drug-likeness (QED) is 0.768. The summed E-state index contributed by atoms with van der Waals surface area (Å²) in [7, 11) is 0. The van der Waals surface area contributed by atoms with Crippen molar-refractivity contribution in [1.29, 1.82) is 0 Å². The van der Waals surface area contributed by atoms with Crippen LogP contribution < -0.4 is 5.73 Å². The van der Waals surface area contributed by atoms with Crippen LogP contribution in [0.15, 0.2) is 12.1 Å². The molecule has 1 rings (SSSR count). The molecule has 0 radical (unpaired) electrons. The normalized spacial score (nSPS) is 12.9. The molecule has 1 aromatic rings. The Bertz CT molecular complexity index is 310. The van der Waals surface area contributed by atoms with E-state index in [0.717, 1.165) is 11.1 Å². The molecule has 0 saturated carbocycles. The zero-order valence-corrected chi connectivity index (χ0v) is 8.60. The van der Waals surface area contributed by atoms with Crippen LogP contribution in [0, 0.1) is 6.92 Å². The first-order valence-electron chi connectivity index (χ1n) is 4.25. The minimum Gasteiger partial charge on any atom is -0.506 e. The highest BCUT2D eigenvalue weighted by atomic mass is 35.5. The summed E-state index contributed by atoms with van der Waals surface area (Å²) < 4.78 is 0. The van der Waals surface area contributed by atoms with Crippen LogP contribution >= 0.6 is 11.6 Å². The Labute approximate surface area is 83.3 Å². The maximum atomic E-state index is 9.64. The van der Waals surface area contributed by atoms with Crippen molar-refractivity contribution in [2.45, 2.75) is 26.3 Å². The van der Waals surface area contributed by atoms with E-state index in [0.29, 0.717) is 11.4 Å². The number of aryl methyl sites for hydroxylation is 1. The Morgan fingerprint density at radius 1 is 1.54 bits per heavy atom. The van der Waals surface area contributed by atoms with Gasteiger partial charge in [-0.2, -0.15) is 0 Å². The van der Waals surface area contributed by atoms with Gasteiger partial charge in [-0.1, -0.05) is 23.7 Å². The Morgan fingerprint density at radius 2 is 2.15 bits per heavy atom. The fourth-order valence-corrected chi connectivity index (χ4v) is 1.40. The van der Waals surface area contributed by atoms with Crippen LogP contribution in [-0.4, -0.2) is 11.1 Å². The van der Waals surface area contributed by atoms with Crippen molar-refractivity contribution in [1.82, 2.24) is 0 Å². The minimum atomic E-state index is 0.0321. The molecule has 0 fully saturated rings. The molecule has 3 N–H and O–H groups in total. The lowest BCUT2D eigenvalue weighted by atomic mass is 10.0. The van der Waals surface area contributed by atoms with E-state index < -0.39 is 0 Å². The van der Waals surface area contributed by atoms with Gasteiger partial charge in [-0.15, -0.1) is 0 Å². The summed E-state index contributed by atoms with van der Waals surface area (Å²) in [5.74, 6) is 0.166. The molecule has 3 heteroatoms. The van der Waals surface area contributed by atoms with Crippen LogP contribution in [0.4, 0.5) is 0 Å². The third kappa shape index (κ3) is 2.36. The van der Waals surface area contributed by atoms with Crippen molar-refractivity contribution in [3.8, 4) is 5.75 Å². The van der Waals surface area contributed by atoms with Crippen LogP contribution in [-0.2, 0) is 6.42 Å². The van der Waals surface area contributed by atoms with Gasteiger partial charge in [0.05, 0.1) is 5.02 Å². The van der Waals surface area contributed by atoms with Gasteiger partial charge >= 0.3 is 0 Å². The number of hydrogen-bond donors (Lipinski definition) is 2. The molecule has 0 amide bonds. The summed E-state index contributed by atoms with van der Waals surface area (Å²) in [6.07, 6.45) is 0.645. The van der Waals surface area contributed by atoms with E-state index in [4.69, 9.17) is 17.3 Å². The van der Waals surface area contributed by atoms with Crippen molar-refractivity contribution in [3.05, 3.63) is 28.3 Å². The fraction of sp³-hybridized carbons (Fsp3) is 0.400. The highest BCUT2D eigenvalue weighted by molar-refractivity contribution is 6.32. The fourth-order valence-electron chi connectivity index (χ4n) is 1.22. The zero-order valence-electron chi connectivity index (χ0n) is 7.84. The van der Waals surface area contributed by atoms with Crippen LogP contribution in [0.1, 0.15) is 18.1 Å². The van der Waals surface area contributed by atoms with E-state index in [9.17, 15) is 5.11 Å². The van der Waals surface area contributed by atoms with Gasteiger partial charge in [-0.3, -0.25) is 0 Å². The maximum Gasteiger partial charge on any atom is 0.137 e. The van der Waals surface area contributed by atoms with E-state index in [1.165, 1.54) is 0 Å². The third-order valence-electron chi connectivity index (χ3n) is 1.93. The molecule has 13 heavy (non-hydrogen) atoms. The second-order valence-corrected chi connectivity index (χ2v) is 3.76. The lowest BCUT2D eigenvalue weighted by Gasteiger charge is -2.09. The summed E-state index contributed by atoms with van der Waals surface area (Å²) in [5.41, 5.74) is 7.32. The first-order valence-corrected chi connectivity index (χ1v) is 4.62. The molecule has 0 aliphatic heterocycles. The monoisotopic (exact) mass is 199 g/mol. The topological polar surface area (TPSA) is 46.2 Å². The summed E-state index contributed by atoms with van der Waals surface area (Å²) in [5, 5.41) is 10.1. The molecule has 0 aromatic heterocycles. The van der Waals surface area contributed by atoms with Crippen LogP contribution in [0.5, 0.6) is 5.75 Å². The number of hydrogen-bond acceptors (Lipinski definition) is 2. The first kappa shape index (κ1) is 10.4. The molecule has 72 valence electrons. The molecule has 0 heterocycles. The molecule has 0 aliphatic carbocycles. The molecule has 1 aromatic carbocycles. The summed E-state index contributed by atoms with van der Waals surface area (Å²) in [4.78, 5) is 0. The van der Waals surface area contributed by atoms with Gasteiger partial charge in [0.1, 0.15) is 5.75 Å². The van der Waals surface area contributed by atoms with Crippen LogP contribution in [0.3, 0.4) is 0 Å². The van der Waals surface area contributed by atoms with E-state index >= 15 is 0 Å². The molecule has 0 aliphatic rings. The number of benzene rings is 1. The highest BCUT2D eigenvalue weighted by Gasteiger charge is 2.09. The molecule has 1 unspecified atom stereocenters. The van der Waals surface area contributed by atoms with Gasteiger partial charge < -0.3 is 10.8 Å². The van der Waals surface area contributed by atoms with Gasteiger partial charge in [-0.25, -0.2) is 0 Å². The summed E-state index contributed by atoms with van der Waals surface area (Å²) in [6.45, 7) is 3.75. The average Bonchev–Trinajstić information content (AvgIpc) is 2.06. The Morgan fingerprint density at radius 3 is 2.69 bits per heavy atom. The van der Waals surface area contributed by atoms with Gasteiger partial charge in [-0.05, 0) is 31.4 Å². The molecule has 2 nitrogen and oxygen atoms in total. The van der Waals surface area contributed by atoms with Crippen LogP contribution in [0.2, 0.25) is 5.02 Å². The Hall–Kier alpha value is -0.730.